The van der Waals surface area contributed by atoms with Gasteiger partial charge in [-0.3, -0.25) is 0 Å². The van der Waals surface area contributed by atoms with Gasteiger partial charge < -0.3 is 15.3 Å². The van der Waals surface area contributed by atoms with Crippen LogP contribution in [-0.2, 0) is 11.8 Å². The molecular formula is C16H29N3O2S. The zero-order valence-corrected chi connectivity index (χ0v) is 15.4. The number of carbonyl (C=O) groups is 1. The summed E-state index contributed by atoms with van der Waals surface area (Å²) in [5.74, 6) is 0. The molecular weight excluding hydrogens is 298 g/mol. The van der Waals surface area contributed by atoms with E-state index < -0.39 is 5.60 Å². The van der Waals surface area contributed by atoms with E-state index in [1.54, 1.807) is 30.1 Å². The van der Waals surface area contributed by atoms with Crippen LogP contribution in [0.15, 0.2) is 5.38 Å². The van der Waals surface area contributed by atoms with Gasteiger partial charge in [0, 0.05) is 30.3 Å². The van der Waals surface area contributed by atoms with Gasteiger partial charge in [0.2, 0.25) is 0 Å². The van der Waals surface area contributed by atoms with E-state index in [1.807, 2.05) is 6.92 Å². The number of aromatic nitrogens is 1. The van der Waals surface area contributed by atoms with Gasteiger partial charge in [0.15, 0.2) is 0 Å². The number of urea groups is 1. The topological polar surface area (TPSA) is 65.5 Å². The second kappa shape index (κ2) is 7.42. The number of nitrogens with one attached hydrogen (secondary N) is 1. The minimum atomic E-state index is -0.885. The zero-order chi connectivity index (χ0) is 17.0. The van der Waals surface area contributed by atoms with Gasteiger partial charge in [-0.25, -0.2) is 9.78 Å². The number of rotatable bonds is 6. The molecule has 6 heteroatoms. The average Bonchev–Trinajstić information content (AvgIpc) is 2.83. The van der Waals surface area contributed by atoms with Crippen molar-refractivity contribution in [1.29, 1.82) is 0 Å². The van der Waals surface area contributed by atoms with Crippen LogP contribution in [0.3, 0.4) is 0 Å². The van der Waals surface area contributed by atoms with Crippen LogP contribution >= 0.6 is 11.3 Å². The molecule has 1 rings (SSSR count). The third-order valence-corrected chi connectivity index (χ3v) is 4.09. The normalized spacial score (nSPS) is 12.3. The summed E-state index contributed by atoms with van der Waals surface area (Å²) in [6.45, 7) is 13.2. The smallest absolute Gasteiger partial charge is 0.317 e. The molecule has 0 aliphatic heterocycles. The Balaban J connectivity index is 2.46. The fraction of sp³-hybridized carbons (Fsp3) is 0.750. The Bertz CT molecular complexity index is 486. The molecule has 0 fully saturated rings. The van der Waals surface area contributed by atoms with Crippen LogP contribution in [0.4, 0.5) is 4.79 Å². The fourth-order valence-electron chi connectivity index (χ4n) is 1.95. The first-order valence-electron chi connectivity index (χ1n) is 7.73. The number of nitrogens with zero attached hydrogens (tertiary/aromatic N) is 2. The summed E-state index contributed by atoms with van der Waals surface area (Å²) < 4.78 is 0. The number of amides is 2. The molecule has 1 heterocycles. The molecule has 22 heavy (non-hydrogen) atoms. The minimum Gasteiger partial charge on any atom is -0.389 e. The molecule has 0 aromatic carbocycles. The van der Waals surface area contributed by atoms with Gasteiger partial charge in [-0.1, -0.05) is 20.8 Å². The van der Waals surface area contributed by atoms with E-state index in [0.717, 1.165) is 17.1 Å². The molecule has 0 bridgehead atoms. The van der Waals surface area contributed by atoms with E-state index in [9.17, 15) is 9.90 Å². The molecule has 0 unspecified atom stereocenters. The van der Waals surface area contributed by atoms with E-state index in [1.165, 1.54) is 0 Å². The molecule has 0 aliphatic rings. The van der Waals surface area contributed by atoms with Crippen LogP contribution < -0.4 is 5.32 Å². The van der Waals surface area contributed by atoms with Crippen LogP contribution in [0.5, 0.6) is 0 Å². The summed E-state index contributed by atoms with van der Waals surface area (Å²) in [6, 6.07) is -0.141. The Morgan fingerprint density at radius 1 is 1.36 bits per heavy atom. The first-order chi connectivity index (χ1) is 10.0. The van der Waals surface area contributed by atoms with Gasteiger partial charge in [0.05, 0.1) is 22.8 Å². The molecule has 1 aromatic heterocycles. The lowest BCUT2D eigenvalue weighted by Crippen LogP contribution is -2.47. The molecule has 2 amide bonds. The summed E-state index contributed by atoms with van der Waals surface area (Å²) in [5, 5.41) is 15.8. The molecule has 0 aliphatic carbocycles. The van der Waals surface area contributed by atoms with Gasteiger partial charge in [0.25, 0.3) is 0 Å². The molecule has 5 nitrogen and oxygen atoms in total. The first kappa shape index (κ1) is 18.9. The highest BCUT2D eigenvalue weighted by Gasteiger charge is 2.21. The zero-order valence-electron chi connectivity index (χ0n) is 14.6. The SMILES string of the molecule is CCN(CC(C)(C)O)C(=O)NCCc1nc(C(C)(C)C)cs1. The van der Waals surface area contributed by atoms with Crippen molar-refractivity contribution < 1.29 is 9.90 Å². The largest absolute Gasteiger partial charge is 0.389 e. The Morgan fingerprint density at radius 2 is 2.00 bits per heavy atom. The number of thiazole rings is 1. The highest BCUT2D eigenvalue weighted by molar-refractivity contribution is 7.09. The summed E-state index contributed by atoms with van der Waals surface area (Å²) in [6.07, 6.45) is 0.729. The Kier molecular flexibility index (Phi) is 6.38. The van der Waals surface area contributed by atoms with Crippen molar-refractivity contribution in [2.75, 3.05) is 19.6 Å². The molecule has 126 valence electrons. The summed E-state index contributed by atoms with van der Waals surface area (Å²) in [4.78, 5) is 18.3. The lowest BCUT2D eigenvalue weighted by atomic mass is 9.93. The van der Waals surface area contributed by atoms with E-state index in [4.69, 9.17) is 0 Å². The monoisotopic (exact) mass is 327 g/mol. The highest BCUT2D eigenvalue weighted by Crippen LogP contribution is 2.23. The van der Waals surface area contributed by atoms with Crippen LogP contribution in [0, 0.1) is 0 Å². The standard InChI is InChI=1S/C16H29N3O2S/c1-7-19(11-16(5,6)21)14(20)17-9-8-13-18-12(10-22-13)15(2,3)4/h10,21H,7-9,11H2,1-6H3,(H,17,20). The van der Waals surface area contributed by atoms with Crippen molar-refractivity contribution in [3.05, 3.63) is 16.1 Å². The summed E-state index contributed by atoms with van der Waals surface area (Å²) >= 11 is 1.64. The van der Waals surface area contributed by atoms with E-state index in [2.05, 4.69) is 36.5 Å². The maximum atomic E-state index is 12.1. The Labute approximate surface area is 137 Å². The van der Waals surface area contributed by atoms with Crippen LogP contribution in [-0.4, -0.2) is 46.3 Å². The van der Waals surface area contributed by atoms with Crippen LogP contribution in [0.2, 0.25) is 0 Å². The Morgan fingerprint density at radius 3 is 2.45 bits per heavy atom. The lowest BCUT2D eigenvalue weighted by molar-refractivity contribution is 0.0480. The van der Waals surface area contributed by atoms with E-state index in [-0.39, 0.29) is 11.4 Å². The summed E-state index contributed by atoms with van der Waals surface area (Å²) in [5.41, 5.74) is 0.268. The maximum Gasteiger partial charge on any atom is 0.317 e. The molecule has 0 saturated heterocycles. The third kappa shape index (κ3) is 6.32. The molecule has 2 N–H and O–H groups in total. The second-order valence-corrected chi connectivity index (χ2v) is 8.13. The van der Waals surface area contributed by atoms with Crippen molar-refractivity contribution in [3.8, 4) is 0 Å². The number of aliphatic hydroxyl groups is 1. The highest BCUT2D eigenvalue weighted by atomic mass is 32.1. The molecule has 1 aromatic rings. The predicted molar refractivity (Wildman–Crippen MR) is 91.5 cm³/mol. The van der Waals surface area contributed by atoms with Crippen molar-refractivity contribution in [1.82, 2.24) is 15.2 Å². The quantitative estimate of drug-likeness (QED) is 0.844. The molecule has 0 radical (unpaired) electrons. The van der Waals surface area contributed by atoms with Gasteiger partial charge in [-0.15, -0.1) is 11.3 Å². The van der Waals surface area contributed by atoms with Crippen molar-refractivity contribution in [2.24, 2.45) is 0 Å². The third-order valence-electron chi connectivity index (χ3n) is 3.18. The van der Waals surface area contributed by atoms with Gasteiger partial charge in [-0.2, -0.15) is 0 Å². The maximum absolute atomic E-state index is 12.1. The van der Waals surface area contributed by atoms with Crippen molar-refractivity contribution >= 4 is 17.4 Å². The summed E-state index contributed by atoms with van der Waals surface area (Å²) in [7, 11) is 0. The van der Waals surface area contributed by atoms with Crippen LogP contribution in [0.25, 0.3) is 0 Å². The Hall–Kier alpha value is -1.14. The number of carbonyl (C=O) groups excluding carboxylic acids is 1. The van der Waals surface area contributed by atoms with E-state index >= 15 is 0 Å². The first-order valence-corrected chi connectivity index (χ1v) is 8.61. The lowest BCUT2D eigenvalue weighted by Gasteiger charge is -2.28. The van der Waals surface area contributed by atoms with Gasteiger partial charge in [-0.05, 0) is 20.8 Å². The molecule has 0 spiro atoms. The number of hydrogen-bond donors (Lipinski definition) is 2. The fourth-order valence-corrected chi connectivity index (χ4v) is 2.98. The predicted octanol–water partition coefficient (Wildman–Crippen LogP) is 2.79. The number of likely N-dealkylation sites (N-methyl/N-ethyl adjacent to an activating group) is 1. The van der Waals surface area contributed by atoms with E-state index in [0.29, 0.717) is 19.6 Å². The molecule has 0 saturated carbocycles. The second-order valence-electron chi connectivity index (χ2n) is 7.19. The minimum absolute atomic E-state index is 0.0592. The van der Waals surface area contributed by atoms with Crippen LogP contribution in [0.1, 0.15) is 52.2 Å². The number of hydrogen-bond acceptors (Lipinski definition) is 4. The van der Waals surface area contributed by atoms with Gasteiger partial charge >= 0.3 is 6.03 Å². The van der Waals surface area contributed by atoms with Crippen molar-refractivity contribution in [3.63, 3.8) is 0 Å². The van der Waals surface area contributed by atoms with Gasteiger partial charge in [0.1, 0.15) is 0 Å². The average molecular weight is 327 g/mol. The van der Waals surface area contributed by atoms with Crippen molar-refractivity contribution in [2.45, 2.75) is 59.0 Å². The molecule has 0 atom stereocenters.